The summed E-state index contributed by atoms with van der Waals surface area (Å²) in [5.74, 6) is -1.26. The highest BCUT2D eigenvalue weighted by atomic mass is 19.4. The molecule has 0 bridgehead atoms. The number of halogens is 4. The Morgan fingerprint density at radius 3 is 2.30 bits per heavy atom. The molecule has 0 unspecified atom stereocenters. The van der Waals surface area contributed by atoms with Crippen molar-refractivity contribution in [1.82, 2.24) is 4.98 Å². The van der Waals surface area contributed by atoms with Crippen LogP contribution in [0.5, 0.6) is 0 Å². The van der Waals surface area contributed by atoms with Gasteiger partial charge in [0.25, 0.3) is 5.91 Å². The lowest BCUT2D eigenvalue weighted by Gasteiger charge is -2.14. The van der Waals surface area contributed by atoms with Gasteiger partial charge in [-0.25, -0.2) is 4.39 Å². The number of hydrogen-bond donors (Lipinski definition) is 2. The number of aromatic amines is 1. The first-order valence-corrected chi connectivity index (χ1v) is 7.71. The lowest BCUT2D eigenvalue weighted by molar-refractivity contribution is -0.137. The summed E-state index contributed by atoms with van der Waals surface area (Å²) in [5, 5.41) is 2.46. The van der Waals surface area contributed by atoms with E-state index in [4.69, 9.17) is 0 Å². The van der Waals surface area contributed by atoms with E-state index in [0.717, 1.165) is 36.4 Å². The fourth-order valence-electron chi connectivity index (χ4n) is 2.51. The molecule has 0 aliphatic rings. The summed E-state index contributed by atoms with van der Waals surface area (Å²) in [4.78, 5) is 26.3. The van der Waals surface area contributed by atoms with Crippen LogP contribution < -0.4 is 10.9 Å². The lowest BCUT2D eigenvalue weighted by Crippen LogP contribution is -2.16. The van der Waals surface area contributed by atoms with E-state index in [1.807, 2.05) is 0 Å². The van der Waals surface area contributed by atoms with E-state index in [1.54, 1.807) is 0 Å². The van der Waals surface area contributed by atoms with Gasteiger partial charge >= 0.3 is 6.18 Å². The molecular weight excluding hydrogens is 364 g/mol. The van der Waals surface area contributed by atoms with E-state index in [9.17, 15) is 27.2 Å². The van der Waals surface area contributed by atoms with Crippen LogP contribution in [-0.2, 0) is 6.18 Å². The second-order valence-electron chi connectivity index (χ2n) is 5.66. The van der Waals surface area contributed by atoms with E-state index >= 15 is 0 Å². The zero-order valence-corrected chi connectivity index (χ0v) is 13.6. The molecule has 0 aliphatic carbocycles. The van der Waals surface area contributed by atoms with Crippen molar-refractivity contribution in [2.45, 2.75) is 6.18 Å². The number of pyridine rings is 1. The van der Waals surface area contributed by atoms with Crippen LogP contribution >= 0.6 is 0 Å². The number of rotatable bonds is 3. The largest absolute Gasteiger partial charge is 0.416 e. The van der Waals surface area contributed by atoms with Gasteiger partial charge in [-0.05, 0) is 47.5 Å². The quantitative estimate of drug-likeness (QED) is 0.664. The molecule has 2 aromatic carbocycles. The fraction of sp³-hybridized carbons (Fsp3) is 0.0526. The van der Waals surface area contributed by atoms with E-state index in [1.165, 1.54) is 24.4 Å². The smallest absolute Gasteiger partial charge is 0.329 e. The van der Waals surface area contributed by atoms with Gasteiger partial charge in [0.1, 0.15) is 5.82 Å². The minimum Gasteiger partial charge on any atom is -0.329 e. The van der Waals surface area contributed by atoms with Crippen molar-refractivity contribution in [1.29, 1.82) is 0 Å². The van der Waals surface area contributed by atoms with Crippen molar-refractivity contribution in [2.24, 2.45) is 0 Å². The molecule has 1 heterocycles. The van der Waals surface area contributed by atoms with Gasteiger partial charge in [0, 0.05) is 23.5 Å². The van der Waals surface area contributed by atoms with Gasteiger partial charge in [-0.2, -0.15) is 13.2 Å². The molecule has 0 radical (unpaired) electrons. The first-order valence-electron chi connectivity index (χ1n) is 7.71. The highest BCUT2D eigenvalue weighted by Gasteiger charge is 2.31. The number of hydrogen-bond acceptors (Lipinski definition) is 2. The second kappa shape index (κ2) is 7.06. The number of aromatic nitrogens is 1. The Kier molecular flexibility index (Phi) is 4.81. The van der Waals surface area contributed by atoms with Crippen LogP contribution in [0.3, 0.4) is 0 Å². The molecule has 0 aliphatic heterocycles. The number of carbonyl (C=O) groups excluding carboxylic acids is 1. The minimum atomic E-state index is -4.60. The van der Waals surface area contributed by atoms with Crippen molar-refractivity contribution in [3.05, 3.63) is 88.1 Å². The summed E-state index contributed by atoms with van der Waals surface area (Å²) in [6.45, 7) is 0. The molecule has 1 aromatic heterocycles. The Morgan fingerprint density at radius 2 is 1.67 bits per heavy atom. The molecular formula is C19H12F4N2O2. The van der Waals surface area contributed by atoms with E-state index in [2.05, 4.69) is 10.3 Å². The third-order valence-corrected chi connectivity index (χ3v) is 3.78. The van der Waals surface area contributed by atoms with Crippen LogP contribution in [0.1, 0.15) is 15.9 Å². The highest BCUT2D eigenvalue weighted by molar-refractivity contribution is 6.08. The van der Waals surface area contributed by atoms with Gasteiger partial charge < -0.3 is 10.3 Å². The Morgan fingerprint density at radius 1 is 0.963 bits per heavy atom. The van der Waals surface area contributed by atoms with Gasteiger partial charge in [0.15, 0.2) is 0 Å². The number of anilines is 1. The Balaban J connectivity index is 2.06. The highest BCUT2D eigenvalue weighted by Crippen LogP contribution is 2.34. The number of H-pyrrole nitrogens is 1. The maximum absolute atomic E-state index is 13.2. The van der Waals surface area contributed by atoms with Crippen molar-refractivity contribution < 1.29 is 22.4 Å². The summed E-state index contributed by atoms with van der Waals surface area (Å²) < 4.78 is 52.4. The molecule has 3 aromatic rings. The maximum Gasteiger partial charge on any atom is 0.416 e. The normalized spacial score (nSPS) is 11.3. The molecule has 3 rings (SSSR count). The molecule has 0 saturated heterocycles. The van der Waals surface area contributed by atoms with E-state index in [0.29, 0.717) is 0 Å². The van der Waals surface area contributed by atoms with Gasteiger partial charge in [-0.3, -0.25) is 9.59 Å². The number of carbonyl (C=O) groups is 1. The van der Waals surface area contributed by atoms with Gasteiger partial charge in [-0.15, -0.1) is 0 Å². The summed E-state index contributed by atoms with van der Waals surface area (Å²) in [5.41, 5.74) is -0.997. The summed E-state index contributed by atoms with van der Waals surface area (Å²) >= 11 is 0. The lowest BCUT2D eigenvalue weighted by atomic mass is 9.96. The predicted octanol–water partition coefficient (Wildman–Crippen LogP) is 4.45. The standard InChI is InChI=1S/C19H12F4N2O2/c20-13-4-1-11(2-5-13)16-9-12(19(21,22)23)3-6-15(16)18(27)25-14-7-8-24-17(26)10-14/h1-10H,(H2,24,25,26,27). The Labute approximate surface area is 150 Å². The summed E-state index contributed by atoms with van der Waals surface area (Å²) in [7, 11) is 0. The first-order chi connectivity index (χ1) is 12.7. The van der Waals surface area contributed by atoms with Crippen LogP contribution in [0.15, 0.2) is 65.6 Å². The molecule has 8 heteroatoms. The predicted molar refractivity (Wildman–Crippen MR) is 91.9 cm³/mol. The molecule has 1 amide bonds. The maximum atomic E-state index is 13.2. The van der Waals surface area contributed by atoms with Crippen molar-refractivity contribution >= 4 is 11.6 Å². The van der Waals surface area contributed by atoms with Crippen LogP contribution in [0.4, 0.5) is 23.2 Å². The van der Waals surface area contributed by atoms with E-state index < -0.39 is 29.0 Å². The number of nitrogens with one attached hydrogen (secondary N) is 2. The SMILES string of the molecule is O=C(Nc1cc[nH]c(=O)c1)c1ccc(C(F)(F)F)cc1-c1ccc(F)cc1. The molecule has 138 valence electrons. The van der Waals surface area contributed by atoms with Crippen molar-refractivity contribution in [3.63, 3.8) is 0 Å². The van der Waals surface area contributed by atoms with E-state index in [-0.39, 0.29) is 22.4 Å². The molecule has 2 N–H and O–H groups in total. The fourth-order valence-corrected chi connectivity index (χ4v) is 2.51. The van der Waals surface area contributed by atoms with Crippen molar-refractivity contribution in [3.8, 4) is 11.1 Å². The van der Waals surface area contributed by atoms with Gasteiger partial charge in [0.2, 0.25) is 5.56 Å². The topological polar surface area (TPSA) is 62.0 Å². The number of amides is 1. The average molecular weight is 376 g/mol. The van der Waals surface area contributed by atoms with Crippen LogP contribution in [0, 0.1) is 5.82 Å². The van der Waals surface area contributed by atoms with Crippen LogP contribution in [0.25, 0.3) is 11.1 Å². The molecule has 27 heavy (non-hydrogen) atoms. The van der Waals surface area contributed by atoms with Crippen LogP contribution in [0.2, 0.25) is 0 Å². The monoisotopic (exact) mass is 376 g/mol. The van der Waals surface area contributed by atoms with Gasteiger partial charge in [0.05, 0.1) is 5.56 Å². The van der Waals surface area contributed by atoms with Gasteiger partial charge in [-0.1, -0.05) is 12.1 Å². The van der Waals surface area contributed by atoms with Crippen molar-refractivity contribution in [2.75, 3.05) is 5.32 Å². The third-order valence-electron chi connectivity index (χ3n) is 3.78. The molecule has 4 nitrogen and oxygen atoms in total. The third kappa shape index (κ3) is 4.22. The molecule has 0 fully saturated rings. The first kappa shape index (κ1) is 18.4. The Hall–Kier alpha value is -3.42. The Bertz CT molecular complexity index is 1040. The summed E-state index contributed by atoms with van der Waals surface area (Å²) in [6, 6.07) is 10.00. The zero-order valence-electron chi connectivity index (χ0n) is 13.6. The number of alkyl halides is 3. The zero-order chi connectivity index (χ0) is 19.6. The number of benzene rings is 2. The minimum absolute atomic E-state index is 0.00725. The summed E-state index contributed by atoms with van der Waals surface area (Å²) in [6.07, 6.45) is -3.28. The second-order valence-corrected chi connectivity index (χ2v) is 5.66. The average Bonchev–Trinajstić information content (AvgIpc) is 2.61. The molecule has 0 spiro atoms. The molecule has 0 atom stereocenters. The van der Waals surface area contributed by atoms with Crippen LogP contribution in [-0.4, -0.2) is 10.9 Å². The molecule has 0 saturated carbocycles.